The summed E-state index contributed by atoms with van der Waals surface area (Å²) in [5, 5.41) is 17.6. The van der Waals surface area contributed by atoms with Crippen molar-refractivity contribution in [2.24, 2.45) is 5.73 Å². The number of halogens is 3. The maximum absolute atomic E-state index is 13.6. The molecule has 1 aromatic carbocycles. The fraction of sp³-hybridized carbons (Fsp3) is 0.182. The highest BCUT2D eigenvalue weighted by Crippen LogP contribution is 2.43. The van der Waals surface area contributed by atoms with Gasteiger partial charge in [-0.05, 0) is 23.6 Å². The zero-order valence-corrected chi connectivity index (χ0v) is 19.3. The molecule has 3 N–H and O–H groups in total. The third-order valence-electron chi connectivity index (χ3n) is 5.32. The summed E-state index contributed by atoms with van der Waals surface area (Å²) in [5.41, 5.74) is 4.41. The van der Waals surface area contributed by atoms with Crippen LogP contribution < -0.4 is 11.1 Å². The van der Waals surface area contributed by atoms with Crippen LogP contribution in [0, 0.1) is 10.1 Å². The number of pyridine rings is 1. The summed E-state index contributed by atoms with van der Waals surface area (Å²) < 4.78 is 41.9. The molecule has 186 valence electrons. The molecule has 1 atom stereocenters. The number of nitrogens with one attached hydrogen (secondary N) is 1. The molecule has 4 aromatic rings. The predicted octanol–water partition coefficient (Wildman–Crippen LogP) is 4.78. The van der Waals surface area contributed by atoms with Crippen molar-refractivity contribution in [1.29, 1.82) is 0 Å². The van der Waals surface area contributed by atoms with Crippen LogP contribution >= 0.6 is 11.3 Å². The normalized spacial score (nSPS) is 12.4. The van der Waals surface area contributed by atoms with Gasteiger partial charge in [0.1, 0.15) is 33.8 Å². The molecule has 36 heavy (non-hydrogen) atoms. The summed E-state index contributed by atoms with van der Waals surface area (Å²) in [6.07, 6.45) is -2.53. The van der Waals surface area contributed by atoms with Crippen molar-refractivity contribution in [1.82, 2.24) is 14.8 Å². The van der Waals surface area contributed by atoms with Gasteiger partial charge in [0.25, 0.3) is 5.91 Å². The third-order valence-corrected chi connectivity index (χ3v) is 6.41. The number of nitrogens with two attached hydrogens (primary N) is 1. The first-order chi connectivity index (χ1) is 17.0. The maximum atomic E-state index is 13.6. The van der Waals surface area contributed by atoms with Crippen LogP contribution in [0.5, 0.6) is 0 Å². The van der Waals surface area contributed by atoms with E-state index in [1.54, 1.807) is 37.3 Å². The number of benzene rings is 1. The molecule has 0 aliphatic carbocycles. The number of nitrogens with zero attached hydrogens (tertiary/aromatic N) is 4. The van der Waals surface area contributed by atoms with Gasteiger partial charge in [-0.3, -0.25) is 24.4 Å². The Hall–Kier alpha value is -4.33. The van der Waals surface area contributed by atoms with Crippen LogP contribution in [-0.4, -0.2) is 31.5 Å². The number of aromatic nitrogens is 3. The van der Waals surface area contributed by atoms with E-state index in [1.807, 2.05) is 0 Å². The number of rotatable bonds is 7. The quantitative estimate of drug-likeness (QED) is 0.266. The summed E-state index contributed by atoms with van der Waals surface area (Å²) in [5.74, 6) is -1.67. The summed E-state index contributed by atoms with van der Waals surface area (Å²) >= 11 is 0.624. The molecule has 0 saturated carbocycles. The second-order valence-electron chi connectivity index (χ2n) is 7.62. The Morgan fingerprint density at radius 3 is 2.53 bits per heavy atom. The van der Waals surface area contributed by atoms with Crippen molar-refractivity contribution in [2.45, 2.75) is 25.6 Å². The molecular weight excluding hydrogens is 501 g/mol. The number of nitro groups is 1. The van der Waals surface area contributed by atoms with E-state index in [2.05, 4.69) is 15.4 Å². The van der Waals surface area contributed by atoms with Crippen molar-refractivity contribution >= 4 is 44.7 Å². The minimum Gasteiger partial charge on any atom is -0.365 e. The van der Waals surface area contributed by atoms with Gasteiger partial charge in [-0.25, -0.2) is 4.98 Å². The minimum atomic E-state index is -4.76. The fourth-order valence-corrected chi connectivity index (χ4v) is 4.68. The lowest BCUT2D eigenvalue weighted by molar-refractivity contribution is -0.385. The zero-order valence-electron chi connectivity index (χ0n) is 18.4. The Balaban J connectivity index is 1.89. The topological polar surface area (TPSA) is 146 Å². The molecule has 3 heterocycles. The van der Waals surface area contributed by atoms with E-state index in [0.717, 1.165) is 23.1 Å². The smallest absolute Gasteiger partial charge is 0.365 e. The lowest BCUT2D eigenvalue weighted by Gasteiger charge is -2.16. The number of amides is 2. The summed E-state index contributed by atoms with van der Waals surface area (Å²) in [4.78, 5) is 39.1. The molecule has 4 rings (SSSR count). The van der Waals surface area contributed by atoms with E-state index in [4.69, 9.17) is 5.73 Å². The Kier molecular flexibility index (Phi) is 6.45. The SMILES string of the molecule is CCC(C(=O)Nc1c(C(N)=O)sc2nc(C(F)(F)F)cc(-c3ccccc3)c12)n1cc([N+](=O)[O-])cn1. The van der Waals surface area contributed by atoms with E-state index in [9.17, 15) is 32.9 Å². The number of hydrogen-bond acceptors (Lipinski definition) is 7. The summed E-state index contributed by atoms with van der Waals surface area (Å²) in [6, 6.07) is 7.95. The van der Waals surface area contributed by atoms with Crippen LogP contribution in [0.15, 0.2) is 48.8 Å². The van der Waals surface area contributed by atoms with Crippen LogP contribution in [0.2, 0.25) is 0 Å². The molecule has 0 radical (unpaired) electrons. The first kappa shape index (κ1) is 24.8. The molecule has 3 aromatic heterocycles. The average Bonchev–Trinajstić information content (AvgIpc) is 3.45. The summed E-state index contributed by atoms with van der Waals surface area (Å²) in [6.45, 7) is 1.64. The largest absolute Gasteiger partial charge is 0.433 e. The first-order valence-corrected chi connectivity index (χ1v) is 11.2. The third kappa shape index (κ3) is 4.62. The van der Waals surface area contributed by atoms with Gasteiger partial charge in [-0.2, -0.15) is 18.3 Å². The van der Waals surface area contributed by atoms with Crippen molar-refractivity contribution in [3.8, 4) is 11.1 Å². The second-order valence-corrected chi connectivity index (χ2v) is 8.62. The monoisotopic (exact) mass is 518 g/mol. The number of thiophene rings is 1. The molecule has 0 bridgehead atoms. The van der Waals surface area contributed by atoms with Gasteiger partial charge in [0.05, 0.1) is 10.6 Å². The van der Waals surface area contributed by atoms with Crippen molar-refractivity contribution < 1.29 is 27.7 Å². The number of alkyl halides is 3. The molecule has 0 fully saturated rings. The molecule has 14 heteroatoms. The van der Waals surface area contributed by atoms with Crippen LogP contribution in [0.4, 0.5) is 24.5 Å². The molecule has 2 amide bonds. The van der Waals surface area contributed by atoms with Crippen LogP contribution in [0.1, 0.15) is 34.8 Å². The van der Waals surface area contributed by atoms with Crippen LogP contribution in [0.25, 0.3) is 21.3 Å². The van der Waals surface area contributed by atoms with E-state index in [1.165, 1.54) is 0 Å². The Morgan fingerprint density at radius 1 is 1.28 bits per heavy atom. The van der Waals surface area contributed by atoms with Gasteiger partial charge in [0.2, 0.25) is 5.91 Å². The van der Waals surface area contributed by atoms with Crippen molar-refractivity contribution in [3.05, 3.63) is 69.5 Å². The van der Waals surface area contributed by atoms with Gasteiger partial charge in [-0.15, -0.1) is 11.3 Å². The predicted molar refractivity (Wildman–Crippen MR) is 125 cm³/mol. The second kappa shape index (κ2) is 9.37. The number of hydrogen-bond donors (Lipinski definition) is 2. The van der Waals surface area contributed by atoms with Gasteiger partial charge >= 0.3 is 11.9 Å². The van der Waals surface area contributed by atoms with Gasteiger partial charge in [0, 0.05) is 5.39 Å². The first-order valence-electron chi connectivity index (χ1n) is 10.4. The maximum Gasteiger partial charge on any atom is 0.433 e. The highest BCUT2D eigenvalue weighted by atomic mass is 32.1. The molecular formula is C22H17F3N6O4S. The molecule has 0 saturated heterocycles. The van der Waals surface area contributed by atoms with E-state index >= 15 is 0 Å². The Labute approximate surface area is 204 Å². The van der Waals surface area contributed by atoms with E-state index in [0.29, 0.717) is 16.9 Å². The highest BCUT2D eigenvalue weighted by molar-refractivity contribution is 7.21. The zero-order chi connectivity index (χ0) is 26.2. The van der Waals surface area contributed by atoms with Crippen molar-refractivity contribution in [2.75, 3.05) is 5.32 Å². The number of carbonyl (C=O) groups is 2. The molecule has 0 aliphatic rings. The molecule has 1 unspecified atom stereocenters. The molecule has 0 spiro atoms. The lowest BCUT2D eigenvalue weighted by atomic mass is 10.0. The van der Waals surface area contributed by atoms with Gasteiger partial charge in [0.15, 0.2) is 0 Å². The van der Waals surface area contributed by atoms with Crippen molar-refractivity contribution in [3.63, 3.8) is 0 Å². The van der Waals surface area contributed by atoms with E-state index in [-0.39, 0.29) is 38.5 Å². The van der Waals surface area contributed by atoms with Gasteiger partial charge < -0.3 is 11.1 Å². The standard InChI is InChI=1S/C22H17F3N6O4S/c1-2-14(30-10-12(9-27-30)31(34)35)20(33)29-17-16-13(11-6-4-3-5-7-11)8-15(22(23,24)25)28-21(16)36-18(17)19(26)32/h3-10,14H,2H2,1H3,(H2,26,32)(H,29,33). The summed E-state index contributed by atoms with van der Waals surface area (Å²) in [7, 11) is 0. The lowest BCUT2D eigenvalue weighted by Crippen LogP contribution is -2.27. The Morgan fingerprint density at radius 2 is 1.97 bits per heavy atom. The minimum absolute atomic E-state index is 0.0901. The number of anilines is 1. The Bertz CT molecular complexity index is 1480. The highest BCUT2D eigenvalue weighted by Gasteiger charge is 2.35. The average molecular weight is 518 g/mol. The number of primary amides is 1. The van der Waals surface area contributed by atoms with Crippen LogP contribution in [0.3, 0.4) is 0 Å². The number of fused-ring (bicyclic) bond motifs is 1. The fourth-order valence-electron chi connectivity index (χ4n) is 3.67. The van der Waals surface area contributed by atoms with E-state index < -0.39 is 34.6 Å². The van der Waals surface area contributed by atoms with Crippen LogP contribution in [-0.2, 0) is 11.0 Å². The molecule has 10 nitrogen and oxygen atoms in total. The van der Waals surface area contributed by atoms with Gasteiger partial charge in [-0.1, -0.05) is 37.3 Å². The molecule has 0 aliphatic heterocycles. The number of carbonyl (C=O) groups excluding carboxylic acids is 2.